The molecule has 0 radical (unpaired) electrons. The molecule has 1 aliphatic heterocycles. The summed E-state index contributed by atoms with van der Waals surface area (Å²) in [7, 11) is 0. The molecule has 0 fully saturated rings. The Morgan fingerprint density at radius 1 is 1.23 bits per heavy atom. The molecule has 4 nitrogen and oxygen atoms in total. The van der Waals surface area contributed by atoms with E-state index in [1.165, 1.54) is 11.3 Å². The number of fused-ring (bicyclic) bond motifs is 2. The number of nitrogens with zero attached hydrogens (tertiary/aromatic N) is 2. The van der Waals surface area contributed by atoms with Gasteiger partial charge >= 0.3 is 0 Å². The average molecular weight is 293 g/mol. The minimum atomic E-state index is -0.438. The molecule has 4 heteroatoms. The number of benzene rings is 2. The molecule has 3 aromatic rings. The van der Waals surface area contributed by atoms with Crippen molar-refractivity contribution < 1.29 is 5.11 Å². The normalized spacial score (nSPS) is 15.2. The summed E-state index contributed by atoms with van der Waals surface area (Å²) in [6.07, 6.45) is 3.19. The first-order chi connectivity index (χ1) is 10.8. The lowest BCUT2D eigenvalue weighted by Gasteiger charge is -2.21. The van der Waals surface area contributed by atoms with Gasteiger partial charge in [0.15, 0.2) is 0 Å². The van der Waals surface area contributed by atoms with Crippen LogP contribution in [0.2, 0.25) is 0 Å². The van der Waals surface area contributed by atoms with E-state index in [-0.39, 0.29) is 0 Å². The average Bonchev–Trinajstić information content (AvgIpc) is 3.18. The second kappa shape index (κ2) is 5.46. The number of hydrogen-bond acceptors (Lipinski definition) is 3. The van der Waals surface area contributed by atoms with Gasteiger partial charge in [-0.05, 0) is 42.2 Å². The summed E-state index contributed by atoms with van der Waals surface area (Å²) >= 11 is 0. The van der Waals surface area contributed by atoms with E-state index in [0.29, 0.717) is 0 Å². The number of aliphatic hydroxyl groups excluding tert-OH is 1. The molecule has 1 atom stereocenters. The molecule has 22 heavy (non-hydrogen) atoms. The van der Waals surface area contributed by atoms with Crippen molar-refractivity contribution in [2.75, 3.05) is 18.0 Å². The first-order valence-corrected chi connectivity index (χ1v) is 7.75. The van der Waals surface area contributed by atoms with Crippen molar-refractivity contribution >= 4 is 16.6 Å². The largest absolute Gasteiger partial charge is 0.388 e. The maximum Gasteiger partial charge on any atom is 0.0807 e. The summed E-state index contributed by atoms with van der Waals surface area (Å²) in [6.45, 7) is 1.93. The van der Waals surface area contributed by atoms with Gasteiger partial charge in [0.1, 0.15) is 0 Å². The smallest absolute Gasteiger partial charge is 0.0807 e. The van der Waals surface area contributed by atoms with Gasteiger partial charge in [-0.2, -0.15) is 5.10 Å². The summed E-state index contributed by atoms with van der Waals surface area (Å²) in [5.41, 5.74) is 4.70. The van der Waals surface area contributed by atoms with Crippen LogP contribution in [0.15, 0.2) is 48.7 Å². The quantitative estimate of drug-likeness (QED) is 0.777. The first kappa shape index (κ1) is 13.3. The standard InChI is InChI=1S/C18H19N3O/c22-18(14-5-6-16-15(11-14)12-19-20-16)8-10-21-9-7-13-3-1-2-4-17(13)21/h1-6,11-12,18,22H,7-10H2,(H,19,20). The van der Waals surface area contributed by atoms with Crippen molar-refractivity contribution in [1.82, 2.24) is 10.2 Å². The fraction of sp³-hybridized carbons (Fsp3) is 0.278. The van der Waals surface area contributed by atoms with Crippen molar-refractivity contribution in [3.05, 3.63) is 59.8 Å². The molecule has 1 aromatic heterocycles. The summed E-state index contributed by atoms with van der Waals surface area (Å²) in [6, 6.07) is 14.5. The second-order valence-electron chi connectivity index (χ2n) is 5.89. The number of H-pyrrole nitrogens is 1. The van der Waals surface area contributed by atoms with Crippen LogP contribution in [-0.2, 0) is 6.42 Å². The van der Waals surface area contributed by atoms with E-state index >= 15 is 0 Å². The zero-order chi connectivity index (χ0) is 14.9. The maximum atomic E-state index is 10.5. The Balaban J connectivity index is 1.45. The van der Waals surface area contributed by atoms with Crippen molar-refractivity contribution in [3.8, 4) is 0 Å². The van der Waals surface area contributed by atoms with Crippen LogP contribution in [0.25, 0.3) is 10.9 Å². The van der Waals surface area contributed by atoms with E-state index in [2.05, 4.69) is 39.4 Å². The zero-order valence-corrected chi connectivity index (χ0v) is 12.4. The Kier molecular flexibility index (Phi) is 3.31. The number of anilines is 1. The molecule has 1 aliphatic rings. The van der Waals surface area contributed by atoms with Gasteiger partial charge in [-0.3, -0.25) is 5.10 Å². The number of rotatable bonds is 4. The number of aromatic nitrogens is 2. The van der Waals surface area contributed by atoms with Crippen LogP contribution >= 0.6 is 0 Å². The molecule has 2 heterocycles. The molecular weight excluding hydrogens is 274 g/mol. The van der Waals surface area contributed by atoms with Crippen molar-refractivity contribution in [2.24, 2.45) is 0 Å². The number of aliphatic hydroxyl groups is 1. The Hall–Kier alpha value is -2.33. The van der Waals surface area contributed by atoms with Gasteiger partial charge < -0.3 is 10.0 Å². The molecule has 112 valence electrons. The topological polar surface area (TPSA) is 52.1 Å². The minimum absolute atomic E-state index is 0.438. The molecule has 1 unspecified atom stereocenters. The van der Waals surface area contributed by atoms with Crippen LogP contribution in [0.4, 0.5) is 5.69 Å². The minimum Gasteiger partial charge on any atom is -0.388 e. The summed E-state index contributed by atoms with van der Waals surface area (Å²) in [5, 5.41) is 18.5. The molecule has 0 aliphatic carbocycles. The molecule has 0 bridgehead atoms. The van der Waals surface area contributed by atoms with Crippen molar-refractivity contribution in [2.45, 2.75) is 18.9 Å². The van der Waals surface area contributed by atoms with Crippen LogP contribution in [0.3, 0.4) is 0 Å². The molecule has 0 amide bonds. The lowest BCUT2D eigenvalue weighted by molar-refractivity contribution is 0.169. The Morgan fingerprint density at radius 2 is 2.14 bits per heavy atom. The van der Waals surface area contributed by atoms with Crippen molar-refractivity contribution in [1.29, 1.82) is 0 Å². The van der Waals surface area contributed by atoms with Gasteiger partial charge in [0.2, 0.25) is 0 Å². The lowest BCUT2D eigenvalue weighted by Crippen LogP contribution is -2.23. The molecule has 0 spiro atoms. The van der Waals surface area contributed by atoms with E-state index in [1.807, 2.05) is 18.2 Å². The van der Waals surface area contributed by atoms with Gasteiger partial charge in [-0.15, -0.1) is 0 Å². The highest BCUT2D eigenvalue weighted by Gasteiger charge is 2.19. The number of nitrogens with one attached hydrogen (secondary N) is 1. The molecule has 2 aromatic carbocycles. The molecule has 2 N–H and O–H groups in total. The first-order valence-electron chi connectivity index (χ1n) is 7.75. The predicted octanol–water partition coefficient (Wildman–Crippen LogP) is 3.05. The molecule has 4 rings (SSSR count). The fourth-order valence-corrected chi connectivity index (χ4v) is 3.25. The van der Waals surface area contributed by atoms with Gasteiger partial charge in [-0.1, -0.05) is 24.3 Å². The molecule has 0 saturated carbocycles. The molecule has 0 saturated heterocycles. The van der Waals surface area contributed by atoms with Crippen LogP contribution < -0.4 is 4.90 Å². The van der Waals surface area contributed by atoms with Crippen LogP contribution in [0.1, 0.15) is 23.7 Å². The van der Waals surface area contributed by atoms with E-state index in [0.717, 1.165) is 42.4 Å². The highest BCUT2D eigenvalue weighted by molar-refractivity contribution is 5.78. The van der Waals surface area contributed by atoms with E-state index < -0.39 is 6.10 Å². The van der Waals surface area contributed by atoms with Gasteiger partial charge in [0.25, 0.3) is 0 Å². The monoisotopic (exact) mass is 293 g/mol. The van der Waals surface area contributed by atoms with Gasteiger partial charge in [0, 0.05) is 24.2 Å². The van der Waals surface area contributed by atoms with E-state index in [1.54, 1.807) is 6.20 Å². The predicted molar refractivity (Wildman–Crippen MR) is 88.0 cm³/mol. The van der Waals surface area contributed by atoms with Crippen molar-refractivity contribution in [3.63, 3.8) is 0 Å². The van der Waals surface area contributed by atoms with E-state index in [4.69, 9.17) is 0 Å². The third-order valence-electron chi connectivity index (χ3n) is 4.50. The molecular formula is C18H19N3O. The SMILES string of the molecule is OC(CCN1CCc2ccccc21)c1ccc2[nH]ncc2c1. The van der Waals surface area contributed by atoms with Crippen LogP contribution in [-0.4, -0.2) is 28.4 Å². The van der Waals surface area contributed by atoms with Crippen LogP contribution in [0, 0.1) is 0 Å². The Labute approximate surface area is 129 Å². The van der Waals surface area contributed by atoms with Crippen LogP contribution in [0.5, 0.6) is 0 Å². The Morgan fingerprint density at radius 3 is 3.09 bits per heavy atom. The highest BCUT2D eigenvalue weighted by atomic mass is 16.3. The van der Waals surface area contributed by atoms with Gasteiger partial charge in [-0.25, -0.2) is 0 Å². The number of hydrogen-bond donors (Lipinski definition) is 2. The number of aromatic amines is 1. The Bertz CT molecular complexity index is 796. The third-order valence-corrected chi connectivity index (χ3v) is 4.50. The zero-order valence-electron chi connectivity index (χ0n) is 12.4. The maximum absolute atomic E-state index is 10.5. The van der Waals surface area contributed by atoms with Gasteiger partial charge in [0.05, 0.1) is 17.8 Å². The fourth-order valence-electron chi connectivity index (χ4n) is 3.25. The summed E-state index contributed by atoms with van der Waals surface area (Å²) < 4.78 is 0. The summed E-state index contributed by atoms with van der Waals surface area (Å²) in [5.74, 6) is 0. The van der Waals surface area contributed by atoms with E-state index in [9.17, 15) is 5.11 Å². The lowest BCUT2D eigenvalue weighted by atomic mass is 10.0. The highest BCUT2D eigenvalue weighted by Crippen LogP contribution is 2.29. The second-order valence-corrected chi connectivity index (χ2v) is 5.89. The third kappa shape index (κ3) is 2.35. The number of para-hydroxylation sites is 1. The summed E-state index contributed by atoms with van der Waals surface area (Å²) in [4.78, 5) is 2.37.